The van der Waals surface area contributed by atoms with Crippen LogP contribution in [0.25, 0.3) is 22.2 Å². The summed E-state index contributed by atoms with van der Waals surface area (Å²) in [6.45, 7) is 2.11. The molecule has 0 unspecified atom stereocenters. The molecule has 2 aliphatic heterocycles. The van der Waals surface area contributed by atoms with Crippen LogP contribution >= 0.6 is 0 Å². The minimum Gasteiger partial charge on any atom is -0.488 e. The number of unbranched alkanes of at least 4 members (excludes halogenated alkanes) is 1. The number of carbonyl (C=O) groups excluding carboxylic acids is 2. The van der Waals surface area contributed by atoms with E-state index in [-0.39, 0.29) is 18.7 Å². The van der Waals surface area contributed by atoms with Crippen molar-refractivity contribution in [3.8, 4) is 17.0 Å². The molecule has 3 aromatic rings. The van der Waals surface area contributed by atoms with Crippen molar-refractivity contribution in [2.24, 2.45) is 5.73 Å². The molecule has 0 saturated carbocycles. The number of hydrogen-bond acceptors (Lipinski definition) is 6. The topological polar surface area (TPSA) is 132 Å². The second-order valence-electron chi connectivity index (χ2n) is 11.4. The van der Waals surface area contributed by atoms with E-state index >= 15 is 0 Å². The van der Waals surface area contributed by atoms with Crippen LogP contribution in [0, 0.1) is 0 Å². The first-order valence-electron chi connectivity index (χ1n) is 15.0. The van der Waals surface area contributed by atoms with Crippen LogP contribution in [0.15, 0.2) is 54.6 Å². The molecule has 0 radical (unpaired) electrons. The van der Waals surface area contributed by atoms with Crippen molar-refractivity contribution in [2.75, 3.05) is 12.3 Å². The van der Waals surface area contributed by atoms with Crippen LogP contribution in [0.1, 0.15) is 63.9 Å². The van der Waals surface area contributed by atoms with Crippen LogP contribution in [0.3, 0.4) is 0 Å². The molecule has 42 heavy (non-hydrogen) atoms. The number of fused-ring (bicyclic) bond motifs is 3. The van der Waals surface area contributed by atoms with Crippen LogP contribution in [-0.4, -0.2) is 60.6 Å². The van der Waals surface area contributed by atoms with Crippen molar-refractivity contribution < 1.29 is 22.7 Å². The van der Waals surface area contributed by atoms with Gasteiger partial charge in [-0.1, -0.05) is 69.0 Å². The van der Waals surface area contributed by atoms with E-state index < -0.39 is 40.0 Å². The first-order valence-corrected chi connectivity index (χ1v) is 16.6. The van der Waals surface area contributed by atoms with Gasteiger partial charge in [0, 0.05) is 23.4 Å². The molecular formula is C32H40N4O5S. The Hall–Kier alpha value is -3.50. The first-order chi connectivity index (χ1) is 20.2. The summed E-state index contributed by atoms with van der Waals surface area (Å²) in [6, 6.07) is 16.1. The van der Waals surface area contributed by atoms with Crippen LogP contribution in [0.4, 0.5) is 0 Å². The molecule has 3 atom stereocenters. The molecule has 0 spiro atoms. The Labute approximate surface area is 247 Å². The number of primary amides is 1. The number of nitrogens with zero attached hydrogens (tertiary/aromatic N) is 2. The van der Waals surface area contributed by atoms with Gasteiger partial charge in [-0.25, -0.2) is 18.1 Å². The summed E-state index contributed by atoms with van der Waals surface area (Å²) in [4.78, 5) is 32.7. The lowest BCUT2D eigenvalue weighted by atomic mass is 10.0. The van der Waals surface area contributed by atoms with E-state index in [1.54, 1.807) is 0 Å². The number of aromatic nitrogens is 1. The fraction of sp³-hybridized carbons (Fsp3) is 0.469. The van der Waals surface area contributed by atoms with Crippen LogP contribution in [0.5, 0.6) is 5.75 Å². The van der Waals surface area contributed by atoms with Gasteiger partial charge in [-0.2, -0.15) is 0 Å². The van der Waals surface area contributed by atoms with Crippen LogP contribution in [-0.2, 0) is 26.0 Å². The van der Waals surface area contributed by atoms with Crippen LogP contribution < -0.4 is 15.2 Å². The molecule has 1 saturated heterocycles. The zero-order chi connectivity index (χ0) is 29.7. The summed E-state index contributed by atoms with van der Waals surface area (Å²) < 4.78 is 35.2. The fourth-order valence-electron chi connectivity index (χ4n) is 5.92. The highest BCUT2D eigenvalue weighted by molar-refractivity contribution is 7.89. The molecule has 4 bridgehead atoms. The largest absolute Gasteiger partial charge is 0.488 e. The van der Waals surface area contributed by atoms with Gasteiger partial charge in [0.2, 0.25) is 21.8 Å². The lowest BCUT2D eigenvalue weighted by molar-refractivity contribution is -0.138. The molecule has 1 fully saturated rings. The van der Waals surface area contributed by atoms with Crippen molar-refractivity contribution in [3.05, 3.63) is 60.2 Å². The zero-order valence-corrected chi connectivity index (χ0v) is 24.9. The summed E-state index contributed by atoms with van der Waals surface area (Å²) in [6.07, 6.45) is 5.51. The van der Waals surface area contributed by atoms with E-state index in [2.05, 4.69) is 16.9 Å². The number of hydrogen-bond donors (Lipinski definition) is 2. The van der Waals surface area contributed by atoms with E-state index in [1.807, 2.05) is 49.4 Å². The SMILES string of the molecule is CCCC[C@@H]1NS(=O)(=O)CCCCCCc2ccc3nc(-c4ccccc4)cc(c3c2)O[C@@H]2C[C@@H](C(N)=O)N(C2)C1=O. The Morgan fingerprint density at radius 2 is 1.88 bits per heavy atom. The average Bonchev–Trinajstić information content (AvgIpc) is 3.41. The number of pyridine rings is 1. The third-order valence-corrected chi connectivity index (χ3v) is 9.64. The minimum absolute atomic E-state index is 0.0390. The molecule has 1 aromatic heterocycles. The number of amides is 2. The predicted molar refractivity (Wildman–Crippen MR) is 163 cm³/mol. The maximum atomic E-state index is 13.8. The number of sulfonamides is 1. The van der Waals surface area contributed by atoms with Crippen molar-refractivity contribution >= 4 is 32.7 Å². The molecule has 3 N–H and O–H groups in total. The quantitative estimate of drug-likeness (QED) is 0.453. The molecule has 2 amide bonds. The normalized spacial score (nSPS) is 23.3. The molecule has 5 rings (SSSR count). The lowest BCUT2D eigenvalue weighted by Gasteiger charge is -2.27. The van der Waals surface area contributed by atoms with Gasteiger partial charge in [0.15, 0.2) is 0 Å². The first kappa shape index (κ1) is 30.0. The molecule has 224 valence electrons. The summed E-state index contributed by atoms with van der Waals surface area (Å²) in [5, 5.41) is 0.877. The van der Waals surface area contributed by atoms with E-state index in [9.17, 15) is 18.0 Å². The van der Waals surface area contributed by atoms with E-state index in [4.69, 9.17) is 15.5 Å². The molecule has 0 aliphatic carbocycles. The number of aryl methyl sites for hydroxylation is 1. The van der Waals surface area contributed by atoms with Gasteiger partial charge in [0.25, 0.3) is 0 Å². The Morgan fingerprint density at radius 3 is 2.64 bits per heavy atom. The van der Waals surface area contributed by atoms with Crippen molar-refractivity contribution in [2.45, 2.75) is 82.9 Å². The summed E-state index contributed by atoms with van der Waals surface area (Å²) in [5.74, 6) is -0.477. The highest BCUT2D eigenvalue weighted by Gasteiger charge is 2.42. The fourth-order valence-corrected chi connectivity index (χ4v) is 7.27. The zero-order valence-electron chi connectivity index (χ0n) is 24.1. The number of ether oxygens (including phenoxy) is 1. The molecule has 9 nitrogen and oxygen atoms in total. The molecular weight excluding hydrogens is 552 g/mol. The molecule has 10 heteroatoms. The number of rotatable bonds is 5. The maximum absolute atomic E-state index is 13.8. The van der Waals surface area contributed by atoms with Gasteiger partial charge in [-0.3, -0.25) is 9.59 Å². The maximum Gasteiger partial charge on any atom is 0.241 e. The number of nitrogens with one attached hydrogen (secondary N) is 1. The Morgan fingerprint density at radius 1 is 1.10 bits per heavy atom. The number of benzene rings is 2. The second kappa shape index (κ2) is 13.2. The van der Waals surface area contributed by atoms with Gasteiger partial charge in [0.05, 0.1) is 23.5 Å². The van der Waals surface area contributed by atoms with Crippen LogP contribution in [0.2, 0.25) is 0 Å². The van der Waals surface area contributed by atoms with Crippen molar-refractivity contribution in [3.63, 3.8) is 0 Å². The summed E-state index contributed by atoms with van der Waals surface area (Å²) >= 11 is 0. The van der Waals surface area contributed by atoms with E-state index in [1.165, 1.54) is 4.90 Å². The Kier molecular flexibility index (Phi) is 9.43. The summed E-state index contributed by atoms with van der Waals surface area (Å²) in [5.41, 5.74) is 9.44. The third kappa shape index (κ3) is 7.10. The average molecular weight is 593 g/mol. The van der Waals surface area contributed by atoms with Gasteiger partial charge < -0.3 is 15.4 Å². The molecule has 3 heterocycles. The standard InChI is InChI=1S/C32H40N4O5S/c1-2-3-14-27-32(38)36-21-24(19-29(36)31(33)37)41-30-20-28(23-12-8-6-9-13-23)34-26-16-15-22(18-25(26)30)11-7-4-5-10-17-42(39,40)35-27/h6,8-9,12-13,15-16,18,20,24,27,29,35H,2-5,7,10-11,14,17,19,21H2,1H3,(H2,33,37)/t24-,27+,29+/m1/s1. The number of nitrogens with two attached hydrogens (primary N) is 1. The monoisotopic (exact) mass is 592 g/mol. The molecule has 2 aliphatic rings. The molecule has 2 aromatic carbocycles. The third-order valence-electron chi connectivity index (χ3n) is 8.17. The second-order valence-corrected chi connectivity index (χ2v) is 13.3. The predicted octanol–water partition coefficient (Wildman–Crippen LogP) is 4.33. The Balaban J connectivity index is 1.54. The van der Waals surface area contributed by atoms with Crippen molar-refractivity contribution in [1.82, 2.24) is 14.6 Å². The lowest BCUT2D eigenvalue weighted by Crippen LogP contribution is -2.53. The van der Waals surface area contributed by atoms with Crippen molar-refractivity contribution in [1.29, 1.82) is 0 Å². The number of carbonyl (C=O) groups is 2. The van der Waals surface area contributed by atoms with Gasteiger partial charge in [-0.05, 0) is 43.4 Å². The van der Waals surface area contributed by atoms with E-state index in [0.717, 1.165) is 59.8 Å². The highest BCUT2D eigenvalue weighted by atomic mass is 32.2. The smallest absolute Gasteiger partial charge is 0.241 e. The summed E-state index contributed by atoms with van der Waals surface area (Å²) in [7, 11) is -3.68. The van der Waals surface area contributed by atoms with Gasteiger partial charge in [0.1, 0.15) is 23.9 Å². The minimum atomic E-state index is -3.68. The highest BCUT2D eigenvalue weighted by Crippen LogP contribution is 2.34. The van der Waals surface area contributed by atoms with Gasteiger partial charge in [-0.15, -0.1) is 0 Å². The van der Waals surface area contributed by atoms with E-state index in [0.29, 0.717) is 25.0 Å². The Bertz CT molecular complexity index is 1530. The van der Waals surface area contributed by atoms with Gasteiger partial charge >= 0.3 is 0 Å².